The number of ether oxygens (including phenoxy) is 1. The van der Waals surface area contributed by atoms with E-state index in [9.17, 15) is 9.59 Å². The van der Waals surface area contributed by atoms with Gasteiger partial charge in [-0.15, -0.1) is 0 Å². The fourth-order valence-corrected chi connectivity index (χ4v) is 1.60. The Morgan fingerprint density at radius 2 is 2.26 bits per heavy atom. The van der Waals surface area contributed by atoms with Crippen molar-refractivity contribution in [3.05, 3.63) is 29.8 Å². The highest BCUT2D eigenvalue weighted by Crippen LogP contribution is 2.10. The molecule has 1 amide bonds. The highest BCUT2D eigenvalue weighted by atomic mass is 16.5. The molecule has 5 heteroatoms. The molecule has 0 aliphatic rings. The van der Waals surface area contributed by atoms with Gasteiger partial charge in [-0.05, 0) is 24.6 Å². The standard InChI is InChI=1S/C14H20N2O3/c1-3-19-14(10-17)9-16-13-6-4-5-12(7-13)8-15-11(2)18/h4-7,10,14,16H,3,8-9H2,1-2H3,(H,15,18). The molecule has 104 valence electrons. The minimum Gasteiger partial charge on any atom is -0.382 e. The average molecular weight is 264 g/mol. The van der Waals surface area contributed by atoms with Gasteiger partial charge in [0, 0.05) is 32.3 Å². The van der Waals surface area contributed by atoms with E-state index in [4.69, 9.17) is 4.74 Å². The van der Waals surface area contributed by atoms with Crippen molar-refractivity contribution in [2.75, 3.05) is 18.5 Å². The van der Waals surface area contributed by atoms with E-state index in [0.29, 0.717) is 19.7 Å². The third-order valence-corrected chi connectivity index (χ3v) is 2.51. The Labute approximate surface area is 113 Å². The van der Waals surface area contributed by atoms with Crippen molar-refractivity contribution in [3.8, 4) is 0 Å². The fourth-order valence-electron chi connectivity index (χ4n) is 1.60. The highest BCUT2D eigenvalue weighted by molar-refractivity contribution is 5.72. The topological polar surface area (TPSA) is 67.4 Å². The van der Waals surface area contributed by atoms with Crippen molar-refractivity contribution in [1.82, 2.24) is 5.32 Å². The second kappa shape index (κ2) is 8.26. The summed E-state index contributed by atoms with van der Waals surface area (Å²) in [7, 11) is 0. The number of benzene rings is 1. The van der Waals surface area contributed by atoms with E-state index in [2.05, 4.69) is 10.6 Å². The van der Waals surface area contributed by atoms with Gasteiger partial charge in [-0.1, -0.05) is 12.1 Å². The normalized spacial score (nSPS) is 11.7. The summed E-state index contributed by atoms with van der Waals surface area (Å²) in [6, 6.07) is 7.67. The Kier molecular flexibility index (Phi) is 6.60. The average Bonchev–Trinajstić information content (AvgIpc) is 2.41. The van der Waals surface area contributed by atoms with Crippen LogP contribution in [-0.2, 0) is 20.9 Å². The SMILES string of the molecule is CCOC(C=O)CNc1cccc(CNC(C)=O)c1. The molecule has 0 saturated heterocycles. The lowest BCUT2D eigenvalue weighted by Gasteiger charge is -2.13. The molecular formula is C14H20N2O3. The Bertz CT molecular complexity index is 421. The molecule has 0 aliphatic heterocycles. The second-order valence-corrected chi connectivity index (χ2v) is 4.12. The van der Waals surface area contributed by atoms with Crippen LogP contribution in [0.15, 0.2) is 24.3 Å². The van der Waals surface area contributed by atoms with Crippen LogP contribution in [0.5, 0.6) is 0 Å². The first-order valence-corrected chi connectivity index (χ1v) is 6.29. The molecule has 1 atom stereocenters. The summed E-state index contributed by atoms with van der Waals surface area (Å²) >= 11 is 0. The van der Waals surface area contributed by atoms with Gasteiger partial charge < -0.3 is 20.2 Å². The summed E-state index contributed by atoms with van der Waals surface area (Å²) in [6.07, 6.45) is 0.349. The van der Waals surface area contributed by atoms with Crippen LogP contribution >= 0.6 is 0 Å². The third-order valence-electron chi connectivity index (χ3n) is 2.51. The van der Waals surface area contributed by atoms with E-state index in [0.717, 1.165) is 17.5 Å². The van der Waals surface area contributed by atoms with E-state index in [1.165, 1.54) is 6.92 Å². The van der Waals surface area contributed by atoms with Crippen LogP contribution in [0.3, 0.4) is 0 Å². The molecule has 0 heterocycles. The molecule has 0 aliphatic carbocycles. The molecule has 0 fully saturated rings. The van der Waals surface area contributed by atoms with Crippen LogP contribution in [0.25, 0.3) is 0 Å². The van der Waals surface area contributed by atoms with Gasteiger partial charge in [0.25, 0.3) is 0 Å². The highest BCUT2D eigenvalue weighted by Gasteiger charge is 2.06. The van der Waals surface area contributed by atoms with Gasteiger partial charge in [0.05, 0.1) is 0 Å². The number of anilines is 1. The van der Waals surface area contributed by atoms with Crippen molar-refractivity contribution in [2.45, 2.75) is 26.5 Å². The monoisotopic (exact) mass is 264 g/mol. The zero-order chi connectivity index (χ0) is 14.1. The molecule has 1 aromatic rings. The van der Waals surface area contributed by atoms with Crippen molar-refractivity contribution < 1.29 is 14.3 Å². The summed E-state index contributed by atoms with van der Waals surface area (Å²) in [5, 5.41) is 5.88. The summed E-state index contributed by atoms with van der Waals surface area (Å²) in [4.78, 5) is 21.6. The molecule has 0 radical (unpaired) electrons. The Morgan fingerprint density at radius 1 is 1.47 bits per heavy atom. The molecule has 1 aromatic carbocycles. The lowest BCUT2D eigenvalue weighted by atomic mass is 10.2. The Balaban J connectivity index is 2.51. The van der Waals surface area contributed by atoms with Gasteiger partial charge >= 0.3 is 0 Å². The van der Waals surface area contributed by atoms with Gasteiger partial charge in [0.15, 0.2) is 6.29 Å². The minimum absolute atomic E-state index is 0.0595. The molecule has 0 bridgehead atoms. The van der Waals surface area contributed by atoms with Crippen LogP contribution in [0.1, 0.15) is 19.4 Å². The van der Waals surface area contributed by atoms with Gasteiger partial charge in [0.2, 0.25) is 5.91 Å². The van der Waals surface area contributed by atoms with Crippen LogP contribution in [-0.4, -0.2) is 31.4 Å². The van der Waals surface area contributed by atoms with Crippen molar-refractivity contribution in [1.29, 1.82) is 0 Å². The zero-order valence-corrected chi connectivity index (χ0v) is 11.3. The first kappa shape index (κ1) is 15.2. The number of amides is 1. The van der Waals surface area contributed by atoms with E-state index >= 15 is 0 Å². The summed E-state index contributed by atoms with van der Waals surface area (Å²) in [5.74, 6) is -0.0595. The zero-order valence-electron chi connectivity index (χ0n) is 11.3. The maximum absolute atomic E-state index is 10.8. The minimum atomic E-state index is -0.441. The van der Waals surface area contributed by atoms with E-state index in [1.54, 1.807) is 0 Å². The number of carbonyl (C=O) groups is 2. The number of rotatable bonds is 8. The number of aldehydes is 1. The summed E-state index contributed by atoms with van der Waals surface area (Å²) < 4.78 is 5.23. The fraction of sp³-hybridized carbons (Fsp3) is 0.429. The number of hydrogen-bond acceptors (Lipinski definition) is 4. The molecule has 2 N–H and O–H groups in total. The maximum atomic E-state index is 10.8. The molecule has 19 heavy (non-hydrogen) atoms. The second-order valence-electron chi connectivity index (χ2n) is 4.12. The molecule has 1 rings (SSSR count). The van der Waals surface area contributed by atoms with Gasteiger partial charge in [-0.2, -0.15) is 0 Å². The lowest BCUT2D eigenvalue weighted by molar-refractivity contribution is -0.119. The van der Waals surface area contributed by atoms with Gasteiger partial charge in [-0.3, -0.25) is 4.79 Å². The number of nitrogens with one attached hydrogen (secondary N) is 2. The predicted molar refractivity (Wildman–Crippen MR) is 73.9 cm³/mol. The van der Waals surface area contributed by atoms with Crippen molar-refractivity contribution in [3.63, 3.8) is 0 Å². The lowest BCUT2D eigenvalue weighted by Crippen LogP contribution is -2.24. The van der Waals surface area contributed by atoms with Crippen molar-refractivity contribution in [2.24, 2.45) is 0 Å². The summed E-state index contributed by atoms with van der Waals surface area (Å²) in [6.45, 7) is 4.77. The van der Waals surface area contributed by atoms with Gasteiger partial charge in [-0.25, -0.2) is 0 Å². The first-order valence-electron chi connectivity index (χ1n) is 6.29. The van der Waals surface area contributed by atoms with Crippen LogP contribution in [0, 0.1) is 0 Å². The first-order chi connectivity index (χ1) is 9.15. The van der Waals surface area contributed by atoms with Crippen LogP contribution < -0.4 is 10.6 Å². The van der Waals surface area contributed by atoms with E-state index in [1.807, 2.05) is 31.2 Å². The quantitative estimate of drug-likeness (QED) is 0.695. The smallest absolute Gasteiger partial charge is 0.217 e. The molecule has 5 nitrogen and oxygen atoms in total. The van der Waals surface area contributed by atoms with Crippen LogP contribution in [0.2, 0.25) is 0 Å². The predicted octanol–water partition coefficient (Wildman–Crippen LogP) is 1.34. The van der Waals surface area contributed by atoms with E-state index in [-0.39, 0.29) is 5.91 Å². The third kappa shape index (κ3) is 6.01. The van der Waals surface area contributed by atoms with Crippen molar-refractivity contribution >= 4 is 17.9 Å². The molecule has 0 saturated carbocycles. The molecule has 0 aromatic heterocycles. The molecular weight excluding hydrogens is 244 g/mol. The van der Waals surface area contributed by atoms with E-state index < -0.39 is 6.10 Å². The van der Waals surface area contributed by atoms with Gasteiger partial charge in [0.1, 0.15) is 6.10 Å². The Hall–Kier alpha value is -1.88. The largest absolute Gasteiger partial charge is 0.382 e. The van der Waals surface area contributed by atoms with Crippen LogP contribution in [0.4, 0.5) is 5.69 Å². The molecule has 0 spiro atoms. The number of hydrogen-bond donors (Lipinski definition) is 2. The maximum Gasteiger partial charge on any atom is 0.217 e. The summed E-state index contributed by atoms with van der Waals surface area (Å²) in [5.41, 5.74) is 1.90. The molecule has 1 unspecified atom stereocenters. The number of carbonyl (C=O) groups excluding carboxylic acids is 2. The Morgan fingerprint density at radius 3 is 2.89 bits per heavy atom.